The molecule has 0 fully saturated rings. The van der Waals surface area contributed by atoms with Crippen LogP contribution in [0.2, 0.25) is 0 Å². The lowest BCUT2D eigenvalue weighted by molar-refractivity contribution is -0.129. The summed E-state index contributed by atoms with van der Waals surface area (Å²) in [6.07, 6.45) is -0.0553. The van der Waals surface area contributed by atoms with Crippen LogP contribution >= 0.6 is 0 Å². The normalized spacial score (nSPS) is 8.82. The summed E-state index contributed by atoms with van der Waals surface area (Å²) < 4.78 is 4.76. The highest BCUT2D eigenvalue weighted by atomic mass is 16.5. The van der Waals surface area contributed by atoms with Crippen molar-refractivity contribution in [2.45, 2.75) is 6.42 Å². The van der Waals surface area contributed by atoms with Gasteiger partial charge in [0.1, 0.15) is 6.42 Å². The number of ether oxygens (including phenoxy) is 1. The standard InChI is InChI=1S/C7H12N2O2/c1-9(5-6-11-2)7(10)3-4-8/h3,5-6H2,1-2H3. The molecule has 0 saturated carbocycles. The molecule has 11 heavy (non-hydrogen) atoms. The SMILES string of the molecule is COCCN(C)C(=O)CC#N. The molecule has 4 heteroatoms. The predicted molar refractivity (Wildman–Crippen MR) is 39.7 cm³/mol. The first-order valence-corrected chi connectivity index (χ1v) is 3.32. The molecular formula is C7H12N2O2. The van der Waals surface area contributed by atoms with Gasteiger partial charge in [-0.05, 0) is 0 Å². The molecule has 0 heterocycles. The quantitative estimate of drug-likeness (QED) is 0.576. The Morgan fingerprint density at radius 1 is 1.73 bits per heavy atom. The molecule has 4 nitrogen and oxygen atoms in total. The highest BCUT2D eigenvalue weighted by Gasteiger charge is 2.05. The van der Waals surface area contributed by atoms with Crippen molar-refractivity contribution in [3.63, 3.8) is 0 Å². The minimum absolute atomic E-state index is 0.0553. The maximum absolute atomic E-state index is 10.9. The fourth-order valence-corrected chi connectivity index (χ4v) is 0.556. The van der Waals surface area contributed by atoms with Gasteiger partial charge in [-0.2, -0.15) is 5.26 Å². The maximum atomic E-state index is 10.9. The van der Waals surface area contributed by atoms with Gasteiger partial charge in [0, 0.05) is 20.7 Å². The molecule has 1 amide bonds. The summed E-state index contributed by atoms with van der Waals surface area (Å²) in [6, 6.07) is 1.79. The zero-order chi connectivity index (χ0) is 8.69. The summed E-state index contributed by atoms with van der Waals surface area (Å²) in [6.45, 7) is 1.05. The van der Waals surface area contributed by atoms with Crippen molar-refractivity contribution in [3.8, 4) is 6.07 Å². The largest absolute Gasteiger partial charge is 0.383 e. The van der Waals surface area contributed by atoms with E-state index in [9.17, 15) is 4.79 Å². The Bertz CT molecular complexity index is 162. The molecule has 0 radical (unpaired) electrons. The number of methoxy groups -OCH3 is 1. The third-order valence-corrected chi connectivity index (χ3v) is 1.29. The number of likely N-dealkylation sites (N-methyl/N-ethyl adjacent to an activating group) is 1. The maximum Gasteiger partial charge on any atom is 0.236 e. The monoisotopic (exact) mass is 156 g/mol. The summed E-state index contributed by atoms with van der Waals surface area (Å²) in [5, 5.41) is 8.18. The average molecular weight is 156 g/mol. The Hall–Kier alpha value is -1.08. The fraction of sp³-hybridized carbons (Fsp3) is 0.714. The van der Waals surface area contributed by atoms with Crippen LogP contribution in [-0.2, 0) is 9.53 Å². The summed E-state index contributed by atoms with van der Waals surface area (Å²) >= 11 is 0. The number of nitriles is 1. The molecule has 0 N–H and O–H groups in total. The van der Waals surface area contributed by atoms with Crippen molar-refractivity contribution >= 4 is 5.91 Å². The smallest absolute Gasteiger partial charge is 0.236 e. The zero-order valence-corrected chi connectivity index (χ0v) is 6.83. The van der Waals surface area contributed by atoms with Crippen molar-refractivity contribution in [3.05, 3.63) is 0 Å². The third-order valence-electron chi connectivity index (χ3n) is 1.29. The van der Waals surface area contributed by atoms with Crippen LogP contribution in [0.5, 0.6) is 0 Å². The number of amides is 1. The summed E-state index contributed by atoms with van der Waals surface area (Å²) in [7, 11) is 3.22. The second-order valence-corrected chi connectivity index (χ2v) is 2.14. The van der Waals surface area contributed by atoms with Gasteiger partial charge in [-0.25, -0.2) is 0 Å². The molecule has 0 aliphatic carbocycles. The van der Waals surface area contributed by atoms with Crippen molar-refractivity contribution in [1.82, 2.24) is 4.90 Å². The van der Waals surface area contributed by atoms with E-state index in [0.717, 1.165) is 0 Å². The van der Waals surface area contributed by atoms with Crippen molar-refractivity contribution in [2.75, 3.05) is 27.3 Å². The van der Waals surface area contributed by atoms with Crippen LogP contribution in [0.1, 0.15) is 6.42 Å². The van der Waals surface area contributed by atoms with E-state index < -0.39 is 0 Å². The number of rotatable bonds is 4. The molecule has 0 aromatic carbocycles. The third kappa shape index (κ3) is 4.34. The molecule has 0 atom stereocenters. The Kier molecular flexibility index (Phi) is 5.13. The molecule has 0 unspecified atom stereocenters. The molecule has 62 valence electrons. The van der Waals surface area contributed by atoms with Crippen LogP contribution in [0.4, 0.5) is 0 Å². The van der Waals surface area contributed by atoms with Crippen molar-refractivity contribution in [1.29, 1.82) is 5.26 Å². The second kappa shape index (κ2) is 5.69. The van der Waals surface area contributed by atoms with E-state index in [1.807, 2.05) is 0 Å². The Labute approximate surface area is 66.4 Å². The lowest BCUT2D eigenvalue weighted by atomic mass is 10.4. The van der Waals surface area contributed by atoms with Crippen LogP contribution in [0, 0.1) is 11.3 Å². The Morgan fingerprint density at radius 3 is 2.82 bits per heavy atom. The first-order valence-electron chi connectivity index (χ1n) is 3.32. The minimum Gasteiger partial charge on any atom is -0.383 e. The van der Waals surface area contributed by atoms with Crippen molar-refractivity contribution < 1.29 is 9.53 Å². The molecule has 0 bridgehead atoms. The summed E-state index contributed by atoms with van der Waals surface area (Å²) in [5.74, 6) is -0.162. The van der Waals surface area contributed by atoms with Crippen LogP contribution in [-0.4, -0.2) is 38.1 Å². The molecule has 0 spiro atoms. The highest BCUT2D eigenvalue weighted by Crippen LogP contribution is 1.88. The molecule has 0 aliphatic heterocycles. The van der Waals surface area contributed by atoms with E-state index in [1.165, 1.54) is 4.90 Å². The highest BCUT2D eigenvalue weighted by molar-refractivity contribution is 5.77. The van der Waals surface area contributed by atoms with E-state index in [-0.39, 0.29) is 12.3 Å². The lowest BCUT2D eigenvalue weighted by Gasteiger charge is -2.14. The Balaban J connectivity index is 3.57. The van der Waals surface area contributed by atoms with Gasteiger partial charge < -0.3 is 9.64 Å². The topological polar surface area (TPSA) is 53.3 Å². The minimum atomic E-state index is -0.162. The summed E-state index contributed by atoms with van der Waals surface area (Å²) in [5.41, 5.74) is 0. The fourth-order valence-electron chi connectivity index (χ4n) is 0.556. The van der Waals surface area contributed by atoms with E-state index in [0.29, 0.717) is 13.2 Å². The van der Waals surface area contributed by atoms with E-state index in [1.54, 1.807) is 20.2 Å². The van der Waals surface area contributed by atoms with Gasteiger partial charge in [0.05, 0.1) is 12.7 Å². The van der Waals surface area contributed by atoms with Gasteiger partial charge in [0.15, 0.2) is 0 Å². The number of hydrogen-bond acceptors (Lipinski definition) is 3. The molecule has 0 aromatic rings. The van der Waals surface area contributed by atoms with E-state index in [4.69, 9.17) is 10.00 Å². The van der Waals surface area contributed by atoms with Gasteiger partial charge >= 0.3 is 0 Å². The molecule has 0 rings (SSSR count). The van der Waals surface area contributed by atoms with Gasteiger partial charge in [-0.3, -0.25) is 4.79 Å². The first kappa shape index (κ1) is 9.92. The van der Waals surface area contributed by atoms with Crippen LogP contribution in [0.3, 0.4) is 0 Å². The molecule has 0 saturated heterocycles. The van der Waals surface area contributed by atoms with Crippen LogP contribution < -0.4 is 0 Å². The molecule has 0 aliphatic rings. The Morgan fingerprint density at radius 2 is 2.36 bits per heavy atom. The lowest BCUT2D eigenvalue weighted by Crippen LogP contribution is -2.29. The van der Waals surface area contributed by atoms with Gasteiger partial charge in [0.2, 0.25) is 5.91 Å². The number of nitrogens with zero attached hydrogens (tertiary/aromatic N) is 2. The van der Waals surface area contributed by atoms with Gasteiger partial charge in [-0.15, -0.1) is 0 Å². The summed E-state index contributed by atoms with van der Waals surface area (Å²) in [4.78, 5) is 12.4. The number of carbonyl (C=O) groups is 1. The molecule has 0 aromatic heterocycles. The van der Waals surface area contributed by atoms with Crippen LogP contribution in [0.15, 0.2) is 0 Å². The number of carbonyl (C=O) groups excluding carboxylic acids is 1. The van der Waals surface area contributed by atoms with E-state index in [2.05, 4.69) is 0 Å². The number of hydrogen-bond donors (Lipinski definition) is 0. The zero-order valence-electron chi connectivity index (χ0n) is 6.83. The average Bonchev–Trinajstić information content (AvgIpc) is 2.00. The van der Waals surface area contributed by atoms with Crippen molar-refractivity contribution in [2.24, 2.45) is 0 Å². The predicted octanol–water partition coefficient (Wildman–Crippen LogP) is 0.00488. The van der Waals surface area contributed by atoms with Crippen LogP contribution in [0.25, 0.3) is 0 Å². The van der Waals surface area contributed by atoms with E-state index >= 15 is 0 Å². The van der Waals surface area contributed by atoms with Gasteiger partial charge in [0.25, 0.3) is 0 Å². The second-order valence-electron chi connectivity index (χ2n) is 2.14. The first-order chi connectivity index (χ1) is 5.22. The molecular weight excluding hydrogens is 144 g/mol. The van der Waals surface area contributed by atoms with Gasteiger partial charge in [-0.1, -0.05) is 0 Å².